The highest BCUT2D eigenvalue weighted by Gasteiger charge is 2.25. The van der Waals surface area contributed by atoms with E-state index in [1.165, 1.54) is 12.1 Å². The highest BCUT2D eigenvalue weighted by Crippen LogP contribution is 2.36. The topological polar surface area (TPSA) is 63.4 Å². The number of carbonyl (C=O) groups is 1. The Morgan fingerprint density at radius 2 is 1.96 bits per heavy atom. The van der Waals surface area contributed by atoms with Crippen LogP contribution in [0.2, 0.25) is 0 Å². The lowest BCUT2D eigenvalue weighted by molar-refractivity contribution is -0.120. The van der Waals surface area contributed by atoms with Gasteiger partial charge in [0.15, 0.2) is 11.5 Å². The molecule has 2 heterocycles. The fourth-order valence-corrected chi connectivity index (χ4v) is 3.54. The van der Waals surface area contributed by atoms with E-state index >= 15 is 0 Å². The van der Waals surface area contributed by atoms with Gasteiger partial charge in [0.2, 0.25) is 12.7 Å². The lowest BCUT2D eigenvalue weighted by Crippen LogP contribution is -2.37. The Morgan fingerprint density at radius 1 is 1.18 bits per heavy atom. The molecular weight excluding hydrogens is 359 g/mol. The molecule has 0 unspecified atom stereocenters. The van der Waals surface area contributed by atoms with Crippen LogP contribution in [-0.4, -0.2) is 24.2 Å². The molecule has 1 aromatic heterocycles. The summed E-state index contributed by atoms with van der Waals surface area (Å²) in [6.07, 6.45) is 0.201. The Hall–Kier alpha value is -3.02. The van der Waals surface area contributed by atoms with Gasteiger partial charge in [-0.25, -0.2) is 4.39 Å². The summed E-state index contributed by atoms with van der Waals surface area (Å²) in [5.41, 5.74) is 3.32. The summed E-state index contributed by atoms with van der Waals surface area (Å²) >= 11 is 0. The van der Waals surface area contributed by atoms with Crippen molar-refractivity contribution in [3.63, 3.8) is 0 Å². The number of amides is 1. The summed E-state index contributed by atoms with van der Waals surface area (Å²) in [7, 11) is 0. The van der Waals surface area contributed by atoms with Gasteiger partial charge in [-0.3, -0.25) is 4.79 Å². The molecule has 1 amide bonds. The maximum atomic E-state index is 13.6. The number of benzene rings is 2. The van der Waals surface area contributed by atoms with Crippen molar-refractivity contribution in [1.29, 1.82) is 0 Å². The summed E-state index contributed by atoms with van der Waals surface area (Å²) in [4.78, 5) is 15.8. The normalized spacial score (nSPS) is 13.1. The molecule has 1 aliphatic rings. The van der Waals surface area contributed by atoms with E-state index in [0.29, 0.717) is 6.54 Å². The van der Waals surface area contributed by atoms with Gasteiger partial charge in [0.05, 0.1) is 6.42 Å². The van der Waals surface area contributed by atoms with E-state index in [1.807, 2.05) is 25.1 Å². The minimum absolute atomic E-state index is 0.0953. The van der Waals surface area contributed by atoms with Gasteiger partial charge in [0.1, 0.15) is 5.82 Å². The van der Waals surface area contributed by atoms with Crippen molar-refractivity contribution in [3.05, 3.63) is 59.0 Å². The number of carbonyl (C=O) groups excluding carboxylic acids is 1. The van der Waals surface area contributed by atoms with Gasteiger partial charge in [-0.15, -0.1) is 0 Å². The van der Waals surface area contributed by atoms with E-state index in [4.69, 9.17) is 9.47 Å². The Kier molecular flexibility index (Phi) is 4.49. The third-order valence-electron chi connectivity index (χ3n) is 5.30. The number of hydrogen-bond donors (Lipinski definition) is 2. The Balaban J connectivity index is 1.46. The molecule has 0 aliphatic carbocycles. The number of halogens is 1. The number of nitrogens with one attached hydrogen (secondary N) is 2. The molecule has 0 atom stereocenters. The molecule has 3 aromatic rings. The predicted octanol–water partition coefficient (Wildman–Crippen LogP) is 3.98. The van der Waals surface area contributed by atoms with E-state index in [1.54, 1.807) is 6.07 Å². The minimum atomic E-state index is -0.308. The molecule has 4 rings (SSSR count). The van der Waals surface area contributed by atoms with Crippen molar-refractivity contribution in [2.75, 3.05) is 13.3 Å². The molecule has 0 bridgehead atoms. The highest BCUT2D eigenvalue weighted by molar-refractivity contribution is 5.90. The lowest BCUT2D eigenvalue weighted by Gasteiger charge is -2.26. The molecule has 1 aliphatic heterocycles. The van der Waals surface area contributed by atoms with Crippen LogP contribution in [0.5, 0.6) is 11.5 Å². The monoisotopic (exact) mass is 382 g/mol. The van der Waals surface area contributed by atoms with Crippen molar-refractivity contribution in [3.8, 4) is 11.5 Å². The summed E-state index contributed by atoms with van der Waals surface area (Å²) in [6.45, 7) is 6.74. The molecule has 6 heteroatoms. The van der Waals surface area contributed by atoms with Crippen molar-refractivity contribution < 1.29 is 18.7 Å². The Labute approximate surface area is 162 Å². The van der Waals surface area contributed by atoms with Crippen LogP contribution in [0, 0.1) is 12.7 Å². The van der Waals surface area contributed by atoms with Crippen LogP contribution >= 0.6 is 0 Å². The zero-order valence-electron chi connectivity index (χ0n) is 16.2. The summed E-state index contributed by atoms with van der Waals surface area (Å²) in [5.74, 6) is 1.07. The smallest absolute Gasteiger partial charge is 0.231 e. The second-order valence-electron chi connectivity index (χ2n) is 7.82. The fourth-order valence-electron chi connectivity index (χ4n) is 3.54. The van der Waals surface area contributed by atoms with Crippen molar-refractivity contribution in [1.82, 2.24) is 10.3 Å². The van der Waals surface area contributed by atoms with Crippen molar-refractivity contribution >= 4 is 16.8 Å². The average molecular weight is 382 g/mol. The number of aromatic nitrogens is 1. The van der Waals surface area contributed by atoms with Crippen LogP contribution in [-0.2, 0) is 16.6 Å². The van der Waals surface area contributed by atoms with Crippen LogP contribution in [0.1, 0.15) is 30.7 Å². The first-order valence-electron chi connectivity index (χ1n) is 9.27. The second kappa shape index (κ2) is 6.86. The van der Waals surface area contributed by atoms with E-state index in [0.717, 1.165) is 39.2 Å². The number of aromatic amines is 1. The molecule has 146 valence electrons. The number of aryl methyl sites for hydroxylation is 1. The largest absolute Gasteiger partial charge is 0.454 e. The predicted molar refractivity (Wildman–Crippen MR) is 105 cm³/mol. The van der Waals surface area contributed by atoms with E-state index < -0.39 is 0 Å². The minimum Gasteiger partial charge on any atom is -0.454 e. The Morgan fingerprint density at radius 3 is 2.79 bits per heavy atom. The average Bonchev–Trinajstić information content (AvgIpc) is 3.24. The molecule has 0 fully saturated rings. The molecular formula is C22H23FN2O3. The zero-order valence-corrected chi connectivity index (χ0v) is 16.2. The maximum absolute atomic E-state index is 13.6. The van der Waals surface area contributed by atoms with Crippen LogP contribution in [0.25, 0.3) is 10.9 Å². The third-order valence-corrected chi connectivity index (χ3v) is 5.30. The quantitative estimate of drug-likeness (QED) is 0.702. The van der Waals surface area contributed by atoms with Crippen LogP contribution in [0.4, 0.5) is 4.39 Å². The molecule has 2 N–H and O–H groups in total. The van der Waals surface area contributed by atoms with E-state index in [-0.39, 0.29) is 30.4 Å². The van der Waals surface area contributed by atoms with Gasteiger partial charge in [0.25, 0.3) is 0 Å². The third kappa shape index (κ3) is 3.42. The second-order valence-corrected chi connectivity index (χ2v) is 7.82. The van der Waals surface area contributed by atoms with Gasteiger partial charge in [-0.05, 0) is 48.4 Å². The van der Waals surface area contributed by atoms with E-state index in [9.17, 15) is 9.18 Å². The molecule has 2 aromatic carbocycles. The standard InChI is InChI=1S/C22H23FN2O3/c1-13-16(17-9-15(23)5-6-18(17)25-13)10-21(26)24-11-22(2,3)14-4-7-19-20(8-14)28-12-27-19/h4-9,25H,10-12H2,1-3H3,(H,24,26). The highest BCUT2D eigenvalue weighted by atomic mass is 19.1. The van der Waals surface area contributed by atoms with Crippen molar-refractivity contribution in [2.24, 2.45) is 0 Å². The lowest BCUT2D eigenvalue weighted by atomic mass is 9.84. The first-order valence-corrected chi connectivity index (χ1v) is 9.27. The number of rotatable bonds is 5. The fraction of sp³-hybridized carbons (Fsp3) is 0.318. The Bertz CT molecular complexity index is 1060. The summed E-state index contributed by atoms with van der Waals surface area (Å²) in [6, 6.07) is 10.4. The van der Waals surface area contributed by atoms with Crippen LogP contribution in [0.15, 0.2) is 36.4 Å². The van der Waals surface area contributed by atoms with Gasteiger partial charge in [-0.2, -0.15) is 0 Å². The number of H-pyrrole nitrogens is 1. The van der Waals surface area contributed by atoms with Crippen LogP contribution in [0.3, 0.4) is 0 Å². The summed E-state index contributed by atoms with van der Waals surface area (Å²) in [5, 5.41) is 3.77. The molecule has 28 heavy (non-hydrogen) atoms. The van der Waals surface area contributed by atoms with Crippen LogP contribution < -0.4 is 14.8 Å². The number of fused-ring (bicyclic) bond motifs is 2. The molecule has 0 saturated heterocycles. The molecule has 0 saturated carbocycles. The molecule has 5 nitrogen and oxygen atoms in total. The SMILES string of the molecule is Cc1[nH]c2ccc(F)cc2c1CC(=O)NCC(C)(C)c1ccc2c(c1)OCO2. The number of ether oxygens (including phenoxy) is 2. The summed E-state index contributed by atoms with van der Waals surface area (Å²) < 4.78 is 24.4. The van der Waals surface area contributed by atoms with E-state index in [2.05, 4.69) is 24.1 Å². The molecule has 0 spiro atoms. The zero-order chi connectivity index (χ0) is 19.9. The molecule has 0 radical (unpaired) electrons. The first kappa shape index (κ1) is 18.3. The van der Waals surface area contributed by atoms with Crippen molar-refractivity contribution in [2.45, 2.75) is 32.6 Å². The van der Waals surface area contributed by atoms with Gasteiger partial charge in [0, 0.05) is 28.6 Å². The van der Waals surface area contributed by atoms with Gasteiger partial charge < -0.3 is 19.8 Å². The maximum Gasteiger partial charge on any atom is 0.231 e. The number of hydrogen-bond acceptors (Lipinski definition) is 3. The first-order chi connectivity index (χ1) is 13.3. The van der Waals surface area contributed by atoms with Gasteiger partial charge >= 0.3 is 0 Å². The van der Waals surface area contributed by atoms with Gasteiger partial charge in [-0.1, -0.05) is 19.9 Å².